The lowest BCUT2D eigenvalue weighted by Gasteiger charge is -2.18. The lowest BCUT2D eigenvalue weighted by molar-refractivity contribution is 0.224. The van der Waals surface area contributed by atoms with Gasteiger partial charge in [-0.15, -0.1) is 0 Å². The van der Waals surface area contributed by atoms with Crippen LogP contribution in [0.4, 0.5) is 0 Å². The number of ether oxygens (including phenoxy) is 1. The molecular weight excluding hydrogens is 352 g/mol. The number of hydrogen-bond donors (Lipinski definition) is 3. The Morgan fingerprint density at radius 3 is 2.50 bits per heavy atom. The van der Waals surface area contributed by atoms with Gasteiger partial charge in [-0.3, -0.25) is 4.99 Å². The molecule has 0 aliphatic carbocycles. The fraction of sp³-hybridized carbons (Fsp3) is 0.533. The molecule has 7 nitrogen and oxygen atoms in total. The van der Waals surface area contributed by atoms with Crippen molar-refractivity contribution < 1.29 is 13.2 Å². The Hall–Kier alpha value is -1.51. The Bertz CT molecular complexity index is 620. The largest absolute Gasteiger partial charge is 0.489 e. The first-order valence-corrected chi connectivity index (χ1v) is 9.73. The molecule has 0 saturated heterocycles. The summed E-state index contributed by atoms with van der Waals surface area (Å²) in [7, 11) is -1.52. The molecule has 1 atom stereocenters. The zero-order valence-corrected chi connectivity index (χ0v) is 15.7. The van der Waals surface area contributed by atoms with E-state index in [1.54, 1.807) is 26.1 Å². The van der Waals surface area contributed by atoms with Crippen molar-refractivity contribution in [1.29, 1.82) is 0 Å². The van der Waals surface area contributed by atoms with Crippen LogP contribution in [0.5, 0.6) is 5.75 Å². The van der Waals surface area contributed by atoms with E-state index in [9.17, 15) is 8.42 Å². The van der Waals surface area contributed by atoms with E-state index in [0.717, 1.165) is 5.75 Å². The predicted octanol–water partition coefficient (Wildman–Crippen LogP) is 1.21. The van der Waals surface area contributed by atoms with Gasteiger partial charge in [-0.2, -0.15) is 0 Å². The van der Waals surface area contributed by atoms with E-state index < -0.39 is 10.0 Å². The number of aliphatic imine (C=N–C) groups is 1. The van der Waals surface area contributed by atoms with E-state index in [0.29, 0.717) is 30.6 Å². The van der Waals surface area contributed by atoms with Gasteiger partial charge in [0.25, 0.3) is 0 Å². The van der Waals surface area contributed by atoms with Crippen LogP contribution in [-0.4, -0.2) is 52.9 Å². The van der Waals surface area contributed by atoms with Crippen molar-refractivity contribution in [2.45, 2.75) is 20.0 Å². The lowest BCUT2D eigenvalue weighted by Crippen LogP contribution is -2.44. The molecule has 9 heteroatoms. The Kier molecular flexibility index (Phi) is 8.88. The SMILES string of the molecule is CCS(=O)(=O)NCCNC(=NC)NCC(C)Oc1ccc(Cl)cc1. The predicted molar refractivity (Wildman–Crippen MR) is 98.4 cm³/mol. The van der Waals surface area contributed by atoms with Gasteiger partial charge in [-0.1, -0.05) is 11.6 Å². The molecule has 1 rings (SSSR count). The molecule has 24 heavy (non-hydrogen) atoms. The van der Waals surface area contributed by atoms with E-state index in [1.165, 1.54) is 0 Å². The van der Waals surface area contributed by atoms with Crippen LogP contribution in [0.2, 0.25) is 5.02 Å². The van der Waals surface area contributed by atoms with Crippen molar-refractivity contribution in [1.82, 2.24) is 15.4 Å². The second kappa shape index (κ2) is 10.4. The van der Waals surface area contributed by atoms with E-state index >= 15 is 0 Å². The molecule has 0 fully saturated rings. The molecule has 3 N–H and O–H groups in total. The minimum Gasteiger partial charge on any atom is -0.489 e. The molecule has 1 unspecified atom stereocenters. The maximum Gasteiger partial charge on any atom is 0.211 e. The number of sulfonamides is 1. The molecule has 0 bridgehead atoms. The Morgan fingerprint density at radius 1 is 1.25 bits per heavy atom. The molecule has 0 radical (unpaired) electrons. The van der Waals surface area contributed by atoms with Crippen LogP contribution in [0.25, 0.3) is 0 Å². The maximum atomic E-state index is 11.3. The summed E-state index contributed by atoms with van der Waals surface area (Å²) in [6.45, 7) is 4.81. The normalized spacial score (nSPS) is 13.4. The van der Waals surface area contributed by atoms with Crippen molar-refractivity contribution in [2.24, 2.45) is 4.99 Å². The van der Waals surface area contributed by atoms with Crippen molar-refractivity contribution >= 4 is 27.6 Å². The molecule has 1 aromatic rings. The monoisotopic (exact) mass is 376 g/mol. The lowest BCUT2D eigenvalue weighted by atomic mass is 10.3. The Labute approximate surface area is 148 Å². The molecule has 0 saturated carbocycles. The van der Waals surface area contributed by atoms with Gasteiger partial charge in [0, 0.05) is 25.2 Å². The number of hydrogen-bond acceptors (Lipinski definition) is 4. The summed E-state index contributed by atoms with van der Waals surface area (Å²) in [5.74, 6) is 1.39. The summed E-state index contributed by atoms with van der Waals surface area (Å²) in [4.78, 5) is 4.08. The molecule has 0 amide bonds. The smallest absolute Gasteiger partial charge is 0.211 e. The maximum absolute atomic E-state index is 11.3. The highest BCUT2D eigenvalue weighted by Gasteiger charge is 2.07. The van der Waals surface area contributed by atoms with Gasteiger partial charge in [0.15, 0.2) is 5.96 Å². The van der Waals surface area contributed by atoms with Crippen molar-refractivity contribution in [2.75, 3.05) is 32.4 Å². The number of halogens is 1. The van der Waals surface area contributed by atoms with Crippen LogP contribution in [0.3, 0.4) is 0 Å². The topological polar surface area (TPSA) is 91.8 Å². The van der Waals surface area contributed by atoms with Gasteiger partial charge in [0.2, 0.25) is 10.0 Å². The van der Waals surface area contributed by atoms with Crippen molar-refractivity contribution in [3.63, 3.8) is 0 Å². The van der Waals surface area contributed by atoms with E-state index in [1.807, 2.05) is 19.1 Å². The third kappa shape index (κ3) is 8.37. The third-order valence-electron chi connectivity index (χ3n) is 3.05. The molecule has 136 valence electrons. The van der Waals surface area contributed by atoms with Gasteiger partial charge in [-0.05, 0) is 38.1 Å². The minimum atomic E-state index is -3.17. The van der Waals surface area contributed by atoms with Crippen LogP contribution < -0.4 is 20.1 Å². The highest BCUT2D eigenvalue weighted by atomic mass is 35.5. The minimum absolute atomic E-state index is 0.0690. The van der Waals surface area contributed by atoms with Crippen molar-refractivity contribution in [3.8, 4) is 5.75 Å². The number of rotatable bonds is 9. The molecule has 0 aliphatic rings. The average Bonchev–Trinajstić information content (AvgIpc) is 2.56. The van der Waals surface area contributed by atoms with Crippen LogP contribution >= 0.6 is 11.6 Å². The summed E-state index contributed by atoms with van der Waals surface area (Å²) in [6, 6.07) is 7.17. The highest BCUT2D eigenvalue weighted by Crippen LogP contribution is 2.16. The Morgan fingerprint density at radius 2 is 1.92 bits per heavy atom. The zero-order chi connectivity index (χ0) is 18.0. The number of benzene rings is 1. The Balaban J connectivity index is 2.29. The third-order valence-corrected chi connectivity index (χ3v) is 4.71. The second-order valence-corrected chi connectivity index (χ2v) is 7.59. The molecule has 0 spiro atoms. The summed E-state index contributed by atoms with van der Waals surface area (Å²) < 4.78 is 30.9. The fourth-order valence-corrected chi connectivity index (χ4v) is 2.48. The van der Waals surface area contributed by atoms with E-state index in [2.05, 4.69) is 20.3 Å². The van der Waals surface area contributed by atoms with Gasteiger partial charge in [0.05, 0.1) is 12.3 Å². The van der Waals surface area contributed by atoms with Crippen molar-refractivity contribution in [3.05, 3.63) is 29.3 Å². The van der Waals surface area contributed by atoms with E-state index in [4.69, 9.17) is 16.3 Å². The van der Waals surface area contributed by atoms with Gasteiger partial charge in [0.1, 0.15) is 11.9 Å². The summed E-state index contributed by atoms with van der Waals surface area (Å²) in [6.07, 6.45) is -0.0803. The second-order valence-electron chi connectivity index (χ2n) is 5.06. The summed E-state index contributed by atoms with van der Waals surface area (Å²) >= 11 is 5.83. The average molecular weight is 377 g/mol. The summed E-state index contributed by atoms with van der Waals surface area (Å²) in [5, 5.41) is 6.82. The number of guanidine groups is 1. The quantitative estimate of drug-likeness (QED) is 0.342. The van der Waals surface area contributed by atoms with Crippen LogP contribution in [0.15, 0.2) is 29.3 Å². The summed E-state index contributed by atoms with van der Waals surface area (Å²) in [5.41, 5.74) is 0. The number of nitrogens with one attached hydrogen (secondary N) is 3. The molecule has 0 aromatic heterocycles. The molecule has 0 heterocycles. The standard InChI is InChI=1S/C15H25ClN4O3S/c1-4-24(21,22)20-10-9-18-15(17-3)19-11-12(2)23-14-7-5-13(16)6-8-14/h5-8,12,20H,4,9-11H2,1-3H3,(H2,17,18,19). The van der Waals surface area contributed by atoms with Gasteiger partial charge < -0.3 is 15.4 Å². The van der Waals surface area contributed by atoms with Gasteiger partial charge in [-0.25, -0.2) is 13.1 Å². The molecule has 1 aromatic carbocycles. The van der Waals surface area contributed by atoms with Crippen LogP contribution in [0, 0.1) is 0 Å². The van der Waals surface area contributed by atoms with E-state index in [-0.39, 0.29) is 11.9 Å². The fourth-order valence-electron chi connectivity index (χ4n) is 1.74. The molecule has 0 aliphatic heterocycles. The highest BCUT2D eigenvalue weighted by molar-refractivity contribution is 7.89. The first kappa shape index (κ1) is 20.5. The zero-order valence-electron chi connectivity index (χ0n) is 14.2. The number of nitrogens with zero attached hydrogens (tertiary/aromatic N) is 1. The molecular formula is C15H25ClN4O3S. The first-order chi connectivity index (χ1) is 11.4. The van der Waals surface area contributed by atoms with Gasteiger partial charge >= 0.3 is 0 Å². The van der Waals surface area contributed by atoms with Crippen LogP contribution in [-0.2, 0) is 10.0 Å². The van der Waals surface area contributed by atoms with Crippen LogP contribution in [0.1, 0.15) is 13.8 Å². The first-order valence-electron chi connectivity index (χ1n) is 7.70.